The number of carbonyl (C=O) groups is 1. The van der Waals surface area contributed by atoms with Crippen molar-refractivity contribution in [1.82, 2.24) is 0 Å². The summed E-state index contributed by atoms with van der Waals surface area (Å²) in [6.07, 6.45) is 7.38. The summed E-state index contributed by atoms with van der Waals surface area (Å²) in [6.45, 7) is 1.02. The first-order chi connectivity index (χ1) is 11.2. The Morgan fingerprint density at radius 3 is 2.17 bits per heavy atom. The van der Waals surface area contributed by atoms with E-state index in [2.05, 4.69) is 5.32 Å². The number of anilines is 1. The molecule has 23 heavy (non-hydrogen) atoms. The molecule has 1 aromatic carbocycles. The van der Waals surface area contributed by atoms with E-state index in [0.29, 0.717) is 13.2 Å². The summed E-state index contributed by atoms with van der Waals surface area (Å²) < 4.78 is 5.48. The molecule has 4 aliphatic rings. The van der Waals surface area contributed by atoms with E-state index in [4.69, 9.17) is 10.5 Å². The second-order valence-electron chi connectivity index (χ2n) is 7.81. The van der Waals surface area contributed by atoms with E-state index in [1.54, 1.807) is 0 Å². The zero-order chi connectivity index (χ0) is 15.9. The lowest BCUT2D eigenvalue weighted by Gasteiger charge is -2.55. The van der Waals surface area contributed by atoms with E-state index < -0.39 is 0 Å². The number of nitrogens with one attached hydrogen (secondary N) is 1. The van der Waals surface area contributed by atoms with Gasteiger partial charge in [-0.2, -0.15) is 0 Å². The Morgan fingerprint density at radius 2 is 1.65 bits per heavy atom. The van der Waals surface area contributed by atoms with Crippen LogP contribution >= 0.6 is 0 Å². The molecule has 4 nitrogen and oxygen atoms in total. The van der Waals surface area contributed by atoms with Crippen LogP contribution in [0.15, 0.2) is 24.3 Å². The normalized spacial score (nSPS) is 34.4. The van der Waals surface area contributed by atoms with Gasteiger partial charge < -0.3 is 15.8 Å². The molecule has 4 aliphatic carbocycles. The number of hydrogen-bond acceptors (Lipinski definition) is 3. The van der Waals surface area contributed by atoms with E-state index in [9.17, 15) is 4.79 Å². The Labute approximate surface area is 137 Å². The standard InChI is InChI=1S/C19H26N2O2/c20-5-6-23-17-3-1-16(2-4-17)21-18(22)19-10-13-7-14(11-19)9-15(8-13)12-19/h1-4,13-15H,5-12,20H2,(H,21,22). The van der Waals surface area contributed by atoms with Crippen molar-refractivity contribution < 1.29 is 9.53 Å². The number of benzene rings is 1. The highest BCUT2D eigenvalue weighted by Crippen LogP contribution is 2.60. The lowest BCUT2D eigenvalue weighted by molar-refractivity contribution is -0.140. The summed E-state index contributed by atoms with van der Waals surface area (Å²) in [7, 11) is 0. The average molecular weight is 314 g/mol. The summed E-state index contributed by atoms with van der Waals surface area (Å²) >= 11 is 0. The molecule has 5 rings (SSSR count). The molecular formula is C19H26N2O2. The maximum Gasteiger partial charge on any atom is 0.230 e. The highest BCUT2D eigenvalue weighted by Gasteiger charge is 2.54. The number of hydrogen-bond donors (Lipinski definition) is 2. The van der Waals surface area contributed by atoms with Gasteiger partial charge in [0.05, 0.1) is 5.41 Å². The van der Waals surface area contributed by atoms with Gasteiger partial charge in [-0.1, -0.05) is 0 Å². The quantitative estimate of drug-likeness (QED) is 0.877. The van der Waals surface area contributed by atoms with Crippen LogP contribution in [0.3, 0.4) is 0 Å². The minimum Gasteiger partial charge on any atom is -0.492 e. The van der Waals surface area contributed by atoms with Gasteiger partial charge >= 0.3 is 0 Å². The molecule has 0 radical (unpaired) electrons. The highest BCUT2D eigenvalue weighted by atomic mass is 16.5. The van der Waals surface area contributed by atoms with Gasteiger partial charge in [-0.3, -0.25) is 4.79 Å². The fraction of sp³-hybridized carbons (Fsp3) is 0.632. The Kier molecular flexibility index (Phi) is 3.80. The average Bonchev–Trinajstić information content (AvgIpc) is 2.53. The van der Waals surface area contributed by atoms with Crippen molar-refractivity contribution in [3.8, 4) is 5.75 Å². The molecule has 0 aromatic heterocycles. The molecular weight excluding hydrogens is 288 g/mol. The molecule has 4 saturated carbocycles. The van der Waals surface area contributed by atoms with Crippen LogP contribution in [-0.4, -0.2) is 19.1 Å². The van der Waals surface area contributed by atoms with Crippen LogP contribution in [0.25, 0.3) is 0 Å². The predicted octanol–water partition coefficient (Wildman–Crippen LogP) is 3.18. The second-order valence-corrected chi connectivity index (χ2v) is 7.81. The van der Waals surface area contributed by atoms with Gasteiger partial charge in [0.1, 0.15) is 12.4 Å². The minimum absolute atomic E-state index is 0.0938. The van der Waals surface area contributed by atoms with Crippen LogP contribution in [0, 0.1) is 23.2 Å². The Balaban J connectivity index is 1.43. The second kappa shape index (κ2) is 5.82. The van der Waals surface area contributed by atoms with Crippen LogP contribution in [0.2, 0.25) is 0 Å². The SMILES string of the molecule is NCCOc1ccc(NC(=O)C23CC4CC(CC(C4)C2)C3)cc1. The van der Waals surface area contributed by atoms with Crippen LogP contribution in [0.4, 0.5) is 5.69 Å². The molecule has 4 bridgehead atoms. The lowest BCUT2D eigenvalue weighted by atomic mass is 9.49. The molecule has 0 atom stereocenters. The van der Waals surface area contributed by atoms with Crippen LogP contribution < -0.4 is 15.8 Å². The van der Waals surface area contributed by atoms with E-state index >= 15 is 0 Å². The Bertz CT molecular complexity index is 546. The van der Waals surface area contributed by atoms with Crippen LogP contribution in [0.1, 0.15) is 38.5 Å². The number of rotatable bonds is 5. The first-order valence-electron chi connectivity index (χ1n) is 8.91. The third-order valence-corrected chi connectivity index (χ3v) is 6.02. The topological polar surface area (TPSA) is 64.3 Å². The summed E-state index contributed by atoms with van der Waals surface area (Å²) in [5.74, 6) is 3.41. The molecule has 0 aliphatic heterocycles. The fourth-order valence-electron chi connectivity index (χ4n) is 5.46. The number of amides is 1. The largest absolute Gasteiger partial charge is 0.492 e. The van der Waals surface area contributed by atoms with Gasteiger partial charge in [0.15, 0.2) is 0 Å². The lowest BCUT2D eigenvalue weighted by Crippen LogP contribution is -2.51. The van der Waals surface area contributed by atoms with Gasteiger partial charge in [0.25, 0.3) is 0 Å². The zero-order valence-corrected chi connectivity index (χ0v) is 13.6. The monoisotopic (exact) mass is 314 g/mol. The van der Waals surface area contributed by atoms with Gasteiger partial charge in [-0.05, 0) is 80.5 Å². The Morgan fingerprint density at radius 1 is 1.09 bits per heavy atom. The molecule has 1 amide bonds. The predicted molar refractivity (Wildman–Crippen MR) is 90.2 cm³/mol. The molecule has 0 spiro atoms. The summed E-state index contributed by atoms with van der Waals surface area (Å²) in [4.78, 5) is 13.0. The molecule has 0 heterocycles. The molecule has 3 N–H and O–H groups in total. The van der Waals surface area contributed by atoms with Crippen molar-refractivity contribution in [1.29, 1.82) is 0 Å². The fourth-order valence-corrected chi connectivity index (χ4v) is 5.46. The molecule has 1 aromatic rings. The molecule has 4 heteroatoms. The third kappa shape index (κ3) is 2.85. The summed E-state index contributed by atoms with van der Waals surface area (Å²) in [6, 6.07) is 7.63. The molecule has 0 saturated heterocycles. The smallest absolute Gasteiger partial charge is 0.230 e. The first kappa shape index (κ1) is 15.0. The van der Waals surface area contributed by atoms with Crippen LogP contribution in [-0.2, 0) is 4.79 Å². The van der Waals surface area contributed by atoms with E-state index in [1.165, 1.54) is 19.3 Å². The number of carbonyl (C=O) groups excluding carboxylic acids is 1. The van der Waals surface area contributed by atoms with Gasteiger partial charge in [0, 0.05) is 12.2 Å². The van der Waals surface area contributed by atoms with Crippen molar-refractivity contribution in [3.05, 3.63) is 24.3 Å². The molecule has 124 valence electrons. The highest BCUT2D eigenvalue weighted by molar-refractivity contribution is 5.95. The van der Waals surface area contributed by atoms with Gasteiger partial charge in [-0.25, -0.2) is 0 Å². The van der Waals surface area contributed by atoms with Crippen molar-refractivity contribution >= 4 is 11.6 Å². The van der Waals surface area contributed by atoms with Crippen LogP contribution in [0.5, 0.6) is 5.75 Å². The molecule has 0 unspecified atom stereocenters. The van der Waals surface area contributed by atoms with Gasteiger partial charge in [0.2, 0.25) is 5.91 Å². The number of nitrogens with two attached hydrogens (primary N) is 1. The van der Waals surface area contributed by atoms with Crippen molar-refractivity contribution in [2.24, 2.45) is 28.9 Å². The van der Waals surface area contributed by atoms with E-state index in [0.717, 1.165) is 48.5 Å². The summed E-state index contributed by atoms with van der Waals surface area (Å²) in [5.41, 5.74) is 6.21. The summed E-state index contributed by atoms with van der Waals surface area (Å²) in [5, 5.41) is 3.16. The van der Waals surface area contributed by atoms with E-state index in [-0.39, 0.29) is 11.3 Å². The van der Waals surface area contributed by atoms with Crippen molar-refractivity contribution in [2.45, 2.75) is 38.5 Å². The zero-order valence-electron chi connectivity index (χ0n) is 13.6. The molecule has 4 fully saturated rings. The van der Waals surface area contributed by atoms with Crippen molar-refractivity contribution in [3.63, 3.8) is 0 Å². The van der Waals surface area contributed by atoms with E-state index in [1.807, 2.05) is 24.3 Å². The van der Waals surface area contributed by atoms with Crippen molar-refractivity contribution in [2.75, 3.05) is 18.5 Å². The maximum atomic E-state index is 13.0. The Hall–Kier alpha value is -1.55. The number of ether oxygens (including phenoxy) is 1. The maximum absolute atomic E-state index is 13.0. The minimum atomic E-state index is -0.0938. The third-order valence-electron chi connectivity index (χ3n) is 6.02. The first-order valence-corrected chi connectivity index (χ1v) is 8.91. The van der Waals surface area contributed by atoms with Gasteiger partial charge in [-0.15, -0.1) is 0 Å².